The number of amides is 1. The van der Waals surface area contributed by atoms with Gasteiger partial charge in [-0.25, -0.2) is 0 Å². The average Bonchev–Trinajstić information content (AvgIpc) is 2.83. The van der Waals surface area contributed by atoms with Gasteiger partial charge in [-0.15, -0.1) is 0 Å². The number of methoxy groups -OCH3 is 2. The van der Waals surface area contributed by atoms with Gasteiger partial charge in [0, 0.05) is 37.8 Å². The van der Waals surface area contributed by atoms with Gasteiger partial charge in [0.25, 0.3) is 5.91 Å². The molecule has 0 atom stereocenters. The first-order valence-corrected chi connectivity index (χ1v) is 10.5. The third-order valence-corrected chi connectivity index (χ3v) is 5.91. The highest BCUT2D eigenvalue weighted by Gasteiger charge is 2.35. The van der Waals surface area contributed by atoms with Gasteiger partial charge < -0.3 is 14.8 Å². The van der Waals surface area contributed by atoms with Crippen LogP contribution in [0.4, 0.5) is 13.2 Å². The van der Waals surface area contributed by atoms with Crippen LogP contribution in [0, 0.1) is 16.7 Å². The van der Waals surface area contributed by atoms with Gasteiger partial charge in [-0.2, -0.15) is 18.4 Å². The zero-order valence-electron chi connectivity index (χ0n) is 18.5. The number of benzene rings is 2. The van der Waals surface area contributed by atoms with E-state index in [2.05, 4.69) is 11.4 Å². The van der Waals surface area contributed by atoms with E-state index in [1.54, 1.807) is 24.3 Å². The van der Waals surface area contributed by atoms with Crippen molar-refractivity contribution in [2.75, 3.05) is 33.9 Å². The van der Waals surface area contributed by atoms with Crippen LogP contribution in [-0.2, 0) is 12.7 Å². The summed E-state index contributed by atoms with van der Waals surface area (Å²) in [4.78, 5) is 14.7. The van der Waals surface area contributed by atoms with E-state index in [9.17, 15) is 23.2 Å². The molecule has 2 aromatic carbocycles. The number of carbonyl (C=O) groups is 1. The smallest absolute Gasteiger partial charge is 0.416 e. The lowest BCUT2D eigenvalue weighted by Gasteiger charge is -2.37. The minimum absolute atomic E-state index is 0.180. The van der Waals surface area contributed by atoms with E-state index in [1.807, 2.05) is 4.90 Å². The second kappa shape index (κ2) is 10.1. The van der Waals surface area contributed by atoms with Gasteiger partial charge in [0.05, 0.1) is 31.3 Å². The number of nitrogens with zero attached hydrogens (tertiary/aromatic N) is 2. The fraction of sp³-hybridized carbons (Fsp3) is 0.417. The predicted octanol–water partition coefficient (Wildman–Crippen LogP) is 4.26. The number of nitriles is 1. The normalized spacial score (nSPS) is 16.0. The molecule has 176 valence electrons. The highest BCUT2D eigenvalue weighted by Crippen LogP contribution is 2.33. The Morgan fingerprint density at radius 2 is 1.76 bits per heavy atom. The predicted molar refractivity (Wildman–Crippen MR) is 116 cm³/mol. The summed E-state index contributed by atoms with van der Waals surface area (Å²) in [6.07, 6.45) is -3.37. The fourth-order valence-electron chi connectivity index (χ4n) is 3.86. The van der Waals surface area contributed by atoms with Gasteiger partial charge in [0.2, 0.25) is 0 Å². The SMILES string of the molecule is COc1cc(OC)cc(C(=O)NCC2(C#N)CCN(Cc3cccc(C(F)(F)F)c3)CC2)c1. The number of hydrogen-bond acceptors (Lipinski definition) is 5. The molecule has 9 heteroatoms. The van der Waals surface area contributed by atoms with Gasteiger partial charge in [-0.05, 0) is 36.6 Å². The first-order chi connectivity index (χ1) is 15.7. The Balaban J connectivity index is 1.59. The van der Waals surface area contributed by atoms with Crippen LogP contribution >= 0.6 is 0 Å². The summed E-state index contributed by atoms with van der Waals surface area (Å²) in [6, 6.07) is 12.5. The molecule has 0 aliphatic carbocycles. The molecule has 0 saturated carbocycles. The molecule has 3 rings (SSSR count). The van der Waals surface area contributed by atoms with Crippen molar-refractivity contribution in [1.82, 2.24) is 10.2 Å². The molecule has 6 nitrogen and oxygen atoms in total. The Morgan fingerprint density at radius 1 is 1.12 bits per heavy atom. The highest BCUT2D eigenvalue weighted by atomic mass is 19.4. The van der Waals surface area contributed by atoms with Gasteiger partial charge in [-0.3, -0.25) is 9.69 Å². The van der Waals surface area contributed by atoms with Crippen LogP contribution in [0.15, 0.2) is 42.5 Å². The molecule has 1 aliphatic heterocycles. The first-order valence-electron chi connectivity index (χ1n) is 10.5. The van der Waals surface area contributed by atoms with Crippen LogP contribution in [-0.4, -0.2) is 44.7 Å². The fourth-order valence-corrected chi connectivity index (χ4v) is 3.86. The molecule has 0 aromatic heterocycles. The molecule has 2 aromatic rings. The van der Waals surface area contributed by atoms with Crippen molar-refractivity contribution < 1.29 is 27.4 Å². The van der Waals surface area contributed by atoms with Crippen molar-refractivity contribution in [3.8, 4) is 17.6 Å². The molecule has 0 bridgehead atoms. The minimum atomic E-state index is -4.38. The van der Waals surface area contributed by atoms with Crippen molar-refractivity contribution in [2.24, 2.45) is 5.41 Å². The molecule has 33 heavy (non-hydrogen) atoms. The second-order valence-corrected chi connectivity index (χ2v) is 8.15. The molecule has 1 aliphatic rings. The first kappa shape index (κ1) is 24.4. The summed E-state index contributed by atoms with van der Waals surface area (Å²) in [5.74, 6) is 0.628. The molecular weight excluding hydrogens is 435 g/mol. The number of nitrogens with one attached hydrogen (secondary N) is 1. The number of likely N-dealkylation sites (tertiary alicyclic amines) is 1. The van der Waals surface area contributed by atoms with E-state index in [-0.39, 0.29) is 12.5 Å². The zero-order valence-corrected chi connectivity index (χ0v) is 18.5. The molecule has 0 unspecified atom stereocenters. The maximum Gasteiger partial charge on any atom is 0.416 e. The Hall–Kier alpha value is -3.25. The van der Waals surface area contributed by atoms with E-state index in [1.165, 1.54) is 20.3 Å². The van der Waals surface area contributed by atoms with Crippen LogP contribution in [0.2, 0.25) is 0 Å². The molecule has 1 fully saturated rings. The van der Waals surface area contributed by atoms with Crippen LogP contribution < -0.4 is 14.8 Å². The van der Waals surface area contributed by atoms with E-state index in [0.29, 0.717) is 55.1 Å². The summed E-state index contributed by atoms with van der Waals surface area (Å²) in [7, 11) is 2.99. The Labute approximate surface area is 190 Å². The highest BCUT2D eigenvalue weighted by molar-refractivity contribution is 5.95. The summed E-state index contributed by atoms with van der Waals surface area (Å²) in [5.41, 5.74) is -0.459. The lowest BCUT2D eigenvalue weighted by atomic mass is 9.79. The topological polar surface area (TPSA) is 74.6 Å². The van der Waals surface area contributed by atoms with Gasteiger partial charge >= 0.3 is 6.18 Å². The standard InChI is InChI=1S/C24H26F3N3O3/c1-32-20-11-18(12-21(13-20)33-2)22(31)29-16-23(15-28)6-8-30(9-7-23)14-17-4-3-5-19(10-17)24(25,26)27/h3-5,10-13H,6-9,14,16H2,1-2H3,(H,29,31). The molecule has 1 N–H and O–H groups in total. The van der Waals surface area contributed by atoms with E-state index < -0.39 is 17.2 Å². The van der Waals surface area contributed by atoms with Crippen molar-refractivity contribution in [3.05, 3.63) is 59.2 Å². The van der Waals surface area contributed by atoms with Gasteiger partial charge in [0.15, 0.2) is 0 Å². The number of alkyl halides is 3. The maximum absolute atomic E-state index is 13.0. The Kier molecular flexibility index (Phi) is 7.49. The molecule has 1 saturated heterocycles. The quantitative estimate of drug-likeness (QED) is 0.667. The van der Waals surface area contributed by atoms with Crippen LogP contribution in [0.1, 0.15) is 34.3 Å². The monoisotopic (exact) mass is 461 g/mol. The van der Waals surface area contributed by atoms with Gasteiger partial charge in [-0.1, -0.05) is 18.2 Å². The summed E-state index contributed by atoms with van der Waals surface area (Å²) < 4.78 is 49.2. The van der Waals surface area contributed by atoms with Crippen molar-refractivity contribution in [1.29, 1.82) is 5.26 Å². The second-order valence-electron chi connectivity index (χ2n) is 8.15. The summed E-state index contributed by atoms with van der Waals surface area (Å²) in [5, 5.41) is 12.6. The molecule has 0 spiro atoms. The lowest BCUT2D eigenvalue weighted by molar-refractivity contribution is -0.137. The third-order valence-electron chi connectivity index (χ3n) is 5.91. The molecule has 1 amide bonds. The Morgan fingerprint density at radius 3 is 2.30 bits per heavy atom. The van der Waals surface area contributed by atoms with Crippen molar-refractivity contribution >= 4 is 5.91 Å². The Bertz CT molecular complexity index is 1000. The number of halogens is 3. The van der Waals surface area contributed by atoms with E-state index in [0.717, 1.165) is 12.1 Å². The number of ether oxygens (including phenoxy) is 2. The average molecular weight is 461 g/mol. The van der Waals surface area contributed by atoms with Crippen molar-refractivity contribution in [3.63, 3.8) is 0 Å². The third kappa shape index (κ3) is 6.17. The molecular formula is C24H26F3N3O3. The minimum Gasteiger partial charge on any atom is -0.497 e. The van der Waals surface area contributed by atoms with E-state index >= 15 is 0 Å². The zero-order chi connectivity index (χ0) is 24.1. The molecule has 1 heterocycles. The number of rotatable bonds is 7. The van der Waals surface area contributed by atoms with Gasteiger partial charge in [0.1, 0.15) is 11.5 Å². The van der Waals surface area contributed by atoms with Crippen LogP contribution in [0.5, 0.6) is 11.5 Å². The molecule has 0 radical (unpaired) electrons. The maximum atomic E-state index is 13.0. The summed E-state index contributed by atoms with van der Waals surface area (Å²) >= 11 is 0. The lowest BCUT2D eigenvalue weighted by Crippen LogP contribution is -2.45. The van der Waals surface area contributed by atoms with Crippen LogP contribution in [0.3, 0.4) is 0 Å². The van der Waals surface area contributed by atoms with Crippen LogP contribution in [0.25, 0.3) is 0 Å². The number of carbonyl (C=O) groups excluding carboxylic acids is 1. The van der Waals surface area contributed by atoms with E-state index in [4.69, 9.17) is 9.47 Å². The largest absolute Gasteiger partial charge is 0.497 e. The summed E-state index contributed by atoms with van der Waals surface area (Å²) in [6.45, 7) is 1.65. The van der Waals surface area contributed by atoms with Crippen molar-refractivity contribution in [2.45, 2.75) is 25.6 Å². The number of piperidine rings is 1. The number of hydrogen-bond donors (Lipinski definition) is 1.